The molecule has 3 rings (SSSR count). The highest BCUT2D eigenvalue weighted by atomic mass is 32.1. The summed E-state index contributed by atoms with van der Waals surface area (Å²) >= 11 is 8.79. The van der Waals surface area contributed by atoms with E-state index < -0.39 is 0 Å². The summed E-state index contributed by atoms with van der Waals surface area (Å²) in [6, 6.07) is 10.9. The molecule has 0 aromatic heterocycles. The highest BCUT2D eigenvalue weighted by Gasteiger charge is 2.16. The number of phenols is 1. The summed E-state index contributed by atoms with van der Waals surface area (Å²) < 4.78 is 0. The Bertz CT molecular complexity index is 986. The summed E-state index contributed by atoms with van der Waals surface area (Å²) in [6.45, 7) is 1.93. The van der Waals surface area contributed by atoms with Crippen LogP contribution in [0.25, 0.3) is 10.8 Å². The maximum Gasteiger partial charge on any atom is 0.154 e. The van der Waals surface area contributed by atoms with Gasteiger partial charge in [0.2, 0.25) is 0 Å². The number of rotatable bonds is 2. The van der Waals surface area contributed by atoms with Crippen molar-refractivity contribution in [3.05, 3.63) is 42.0 Å². The van der Waals surface area contributed by atoms with Crippen molar-refractivity contribution in [2.75, 3.05) is 11.5 Å². The van der Waals surface area contributed by atoms with Gasteiger partial charge in [-0.1, -0.05) is 18.2 Å². The van der Waals surface area contributed by atoms with Crippen LogP contribution in [0.5, 0.6) is 5.75 Å². The number of nitrogens with zero attached hydrogens (tertiary/aromatic N) is 2. The van der Waals surface area contributed by atoms with Gasteiger partial charge in [0.25, 0.3) is 0 Å². The first-order valence-electron chi connectivity index (χ1n) is 7.13. The van der Waals surface area contributed by atoms with Crippen LogP contribution in [0.2, 0.25) is 0 Å². The molecule has 0 saturated heterocycles. The van der Waals surface area contributed by atoms with E-state index in [9.17, 15) is 5.11 Å². The lowest BCUT2D eigenvalue weighted by molar-refractivity contribution is 0.481. The van der Waals surface area contributed by atoms with Crippen molar-refractivity contribution in [1.29, 1.82) is 0 Å². The zero-order chi connectivity index (χ0) is 17.4. The van der Waals surface area contributed by atoms with Gasteiger partial charge < -0.3 is 16.6 Å². The van der Waals surface area contributed by atoms with E-state index in [1.807, 2.05) is 31.2 Å². The van der Waals surface area contributed by atoms with Gasteiger partial charge in [0, 0.05) is 15.2 Å². The van der Waals surface area contributed by atoms with E-state index in [0.29, 0.717) is 31.9 Å². The molecule has 0 amide bonds. The molecule has 24 heavy (non-hydrogen) atoms. The first kappa shape index (κ1) is 16.5. The first-order chi connectivity index (χ1) is 11.4. The summed E-state index contributed by atoms with van der Waals surface area (Å²) in [4.78, 5) is 1.07. The van der Waals surface area contributed by atoms with Crippen molar-refractivity contribution in [1.82, 2.24) is 0 Å². The molecule has 3 aromatic carbocycles. The first-order valence-corrected chi connectivity index (χ1v) is 8.02. The summed E-state index contributed by atoms with van der Waals surface area (Å²) in [5, 5.41) is 20.1. The highest BCUT2D eigenvalue weighted by Crippen LogP contribution is 2.46. The lowest BCUT2D eigenvalue weighted by Gasteiger charge is -2.13. The minimum Gasteiger partial charge on any atom is -0.505 e. The van der Waals surface area contributed by atoms with Gasteiger partial charge in [-0.25, -0.2) is 0 Å². The molecule has 5 N–H and O–H groups in total. The second kappa shape index (κ2) is 6.26. The Balaban J connectivity index is 2.23. The average Bonchev–Trinajstić information content (AvgIpc) is 2.53. The second-order valence-electron chi connectivity index (χ2n) is 5.40. The monoisotopic (exact) mass is 356 g/mol. The molecule has 0 heterocycles. The van der Waals surface area contributed by atoms with Crippen LogP contribution in [0.15, 0.2) is 56.4 Å². The van der Waals surface area contributed by atoms with Gasteiger partial charge in [0.1, 0.15) is 5.69 Å². The van der Waals surface area contributed by atoms with Crippen molar-refractivity contribution in [3.8, 4) is 5.75 Å². The SMILES string of the molecule is Cc1ccccc1N=Nc1c(S)cc2c(S)cc(N)c(N)c2c1O. The third-order valence-corrected chi connectivity index (χ3v) is 4.49. The predicted octanol–water partition coefficient (Wildman–Crippen LogP) is 5.01. The summed E-state index contributed by atoms with van der Waals surface area (Å²) in [7, 11) is 0. The molecule has 7 heteroatoms. The number of thiol groups is 2. The predicted molar refractivity (Wildman–Crippen MR) is 104 cm³/mol. The Morgan fingerprint density at radius 3 is 2.42 bits per heavy atom. The van der Waals surface area contributed by atoms with E-state index in [2.05, 4.69) is 35.5 Å². The number of azo groups is 1. The maximum atomic E-state index is 10.6. The van der Waals surface area contributed by atoms with E-state index in [-0.39, 0.29) is 17.1 Å². The largest absolute Gasteiger partial charge is 0.505 e. The molecule has 0 aliphatic carbocycles. The molecule has 0 atom stereocenters. The van der Waals surface area contributed by atoms with Gasteiger partial charge in [-0.05, 0) is 30.7 Å². The number of benzene rings is 3. The fraction of sp³-hybridized carbons (Fsp3) is 0.0588. The quantitative estimate of drug-likeness (QED) is 0.254. The molecule has 0 fully saturated rings. The molecule has 0 aliphatic rings. The van der Waals surface area contributed by atoms with Crippen molar-refractivity contribution in [2.45, 2.75) is 16.7 Å². The minimum absolute atomic E-state index is 0.116. The molecule has 0 aliphatic heterocycles. The topological polar surface area (TPSA) is 97.0 Å². The van der Waals surface area contributed by atoms with Gasteiger partial charge >= 0.3 is 0 Å². The van der Waals surface area contributed by atoms with Crippen molar-refractivity contribution in [2.24, 2.45) is 10.2 Å². The zero-order valence-corrected chi connectivity index (χ0v) is 14.6. The normalized spacial score (nSPS) is 11.5. The number of aryl methyl sites for hydroxylation is 1. The van der Waals surface area contributed by atoms with E-state index in [0.717, 1.165) is 5.56 Å². The van der Waals surface area contributed by atoms with Crippen LogP contribution >= 0.6 is 25.3 Å². The summed E-state index contributed by atoms with van der Waals surface area (Å²) in [6.07, 6.45) is 0. The molecule has 3 aromatic rings. The molecular weight excluding hydrogens is 340 g/mol. The average molecular weight is 356 g/mol. The standard InChI is InChI=1S/C17H16N4OS2/c1-8-4-2-3-5-11(8)20-21-16-13(24)6-9-12(23)7-10(18)15(19)14(9)17(16)22/h2-7,22-24H,18-19H2,1H3. The fourth-order valence-corrected chi connectivity index (χ4v) is 3.04. The maximum absolute atomic E-state index is 10.6. The lowest BCUT2D eigenvalue weighted by atomic mass is 10.1. The minimum atomic E-state index is -0.116. The van der Waals surface area contributed by atoms with Gasteiger partial charge in [-0.3, -0.25) is 0 Å². The molecule has 0 bridgehead atoms. The van der Waals surface area contributed by atoms with Crippen molar-refractivity contribution >= 4 is 58.8 Å². The van der Waals surface area contributed by atoms with Gasteiger partial charge in [-0.15, -0.1) is 30.4 Å². The summed E-state index contributed by atoms with van der Waals surface area (Å²) in [5.74, 6) is -0.116. The number of nitrogens with two attached hydrogens (primary N) is 2. The number of aromatic hydroxyl groups is 1. The molecule has 0 radical (unpaired) electrons. The highest BCUT2D eigenvalue weighted by molar-refractivity contribution is 7.80. The molecule has 122 valence electrons. The van der Waals surface area contributed by atoms with Crippen LogP contribution in [0.3, 0.4) is 0 Å². The van der Waals surface area contributed by atoms with Crippen molar-refractivity contribution in [3.63, 3.8) is 0 Å². The van der Waals surface area contributed by atoms with Crippen LogP contribution in [0.1, 0.15) is 5.56 Å². The Morgan fingerprint density at radius 1 is 1.00 bits per heavy atom. The number of nitrogen functional groups attached to an aromatic ring is 2. The third-order valence-electron chi connectivity index (χ3n) is 3.78. The van der Waals surface area contributed by atoms with Crippen LogP contribution in [-0.2, 0) is 0 Å². The van der Waals surface area contributed by atoms with Crippen LogP contribution < -0.4 is 11.5 Å². The third kappa shape index (κ3) is 2.76. The Labute approximate surface area is 150 Å². The number of phenolic OH excluding ortho intramolecular Hbond substituents is 1. The van der Waals surface area contributed by atoms with Crippen LogP contribution in [0.4, 0.5) is 22.7 Å². The van der Waals surface area contributed by atoms with Gasteiger partial charge in [-0.2, -0.15) is 5.11 Å². The van der Waals surface area contributed by atoms with Crippen molar-refractivity contribution < 1.29 is 5.11 Å². The van der Waals surface area contributed by atoms with Gasteiger partial charge in [0.05, 0.1) is 22.4 Å². The van der Waals surface area contributed by atoms with E-state index in [4.69, 9.17) is 11.5 Å². The lowest BCUT2D eigenvalue weighted by Crippen LogP contribution is -1.96. The second-order valence-corrected chi connectivity index (χ2v) is 6.36. The smallest absolute Gasteiger partial charge is 0.154 e. The van der Waals surface area contributed by atoms with E-state index in [1.54, 1.807) is 12.1 Å². The van der Waals surface area contributed by atoms with Crippen LogP contribution in [0, 0.1) is 6.92 Å². The molecular formula is C17H16N4OS2. The summed E-state index contributed by atoms with van der Waals surface area (Å²) in [5.41, 5.74) is 14.4. The number of fused-ring (bicyclic) bond motifs is 1. The molecule has 0 spiro atoms. The number of anilines is 2. The molecule has 5 nitrogen and oxygen atoms in total. The Kier molecular flexibility index (Phi) is 4.29. The zero-order valence-electron chi connectivity index (χ0n) is 12.9. The Hall–Kier alpha value is -2.38. The van der Waals surface area contributed by atoms with E-state index in [1.165, 1.54) is 0 Å². The fourth-order valence-electron chi connectivity index (χ4n) is 2.44. The number of hydrogen-bond acceptors (Lipinski definition) is 7. The van der Waals surface area contributed by atoms with E-state index >= 15 is 0 Å². The van der Waals surface area contributed by atoms with Gasteiger partial charge in [0.15, 0.2) is 5.75 Å². The molecule has 0 saturated carbocycles. The number of hydrogen-bond donors (Lipinski definition) is 5. The Morgan fingerprint density at radius 2 is 1.71 bits per heavy atom. The molecule has 0 unspecified atom stereocenters. The van der Waals surface area contributed by atoms with Crippen LogP contribution in [-0.4, -0.2) is 5.11 Å².